The molecule has 0 spiro atoms. The lowest BCUT2D eigenvalue weighted by Crippen LogP contribution is -2.43. The van der Waals surface area contributed by atoms with Gasteiger partial charge in [-0.1, -0.05) is 30.3 Å². The van der Waals surface area contributed by atoms with E-state index in [4.69, 9.17) is 0 Å². The quantitative estimate of drug-likeness (QED) is 0.845. The molecular formula is C21H23N3O3S. The lowest BCUT2D eigenvalue weighted by Gasteiger charge is -2.33. The molecule has 1 amide bonds. The SMILES string of the molecule is Cc1cccc(C)c1NC(=O)C1CCCN(C2=NS(=O)(=O)c3ccccc32)C1. The van der Waals surface area contributed by atoms with Crippen molar-refractivity contribution in [3.63, 3.8) is 0 Å². The van der Waals surface area contributed by atoms with E-state index >= 15 is 0 Å². The van der Waals surface area contributed by atoms with E-state index in [1.807, 2.05) is 43.0 Å². The predicted octanol–water partition coefficient (Wildman–Crippen LogP) is 3.10. The number of anilines is 1. The summed E-state index contributed by atoms with van der Waals surface area (Å²) in [5.74, 6) is 0.211. The monoisotopic (exact) mass is 397 g/mol. The van der Waals surface area contributed by atoms with Crippen LogP contribution in [0.5, 0.6) is 0 Å². The molecule has 1 atom stereocenters. The first-order valence-corrected chi connectivity index (χ1v) is 10.9. The number of rotatable bonds is 2. The molecule has 146 valence electrons. The minimum atomic E-state index is -3.66. The third-order valence-electron chi connectivity index (χ3n) is 5.43. The molecule has 0 bridgehead atoms. The Morgan fingerprint density at radius 1 is 1.11 bits per heavy atom. The highest BCUT2D eigenvalue weighted by Crippen LogP contribution is 2.30. The van der Waals surface area contributed by atoms with E-state index in [-0.39, 0.29) is 16.7 Å². The van der Waals surface area contributed by atoms with Gasteiger partial charge in [0.05, 0.1) is 5.92 Å². The number of hydrogen-bond donors (Lipinski definition) is 1. The number of aryl methyl sites for hydroxylation is 2. The van der Waals surface area contributed by atoms with E-state index in [2.05, 4.69) is 9.71 Å². The first-order chi connectivity index (χ1) is 13.4. The van der Waals surface area contributed by atoms with Gasteiger partial charge in [-0.15, -0.1) is 4.40 Å². The number of carbonyl (C=O) groups excluding carboxylic acids is 1. The van der Waals surface area contributed by atoms with Crippen LogP contribution in [0.25, 0.3) is 0 Å². The molecule has 0 aromatic heterocycles. The minimum Gasteiger partial charge on any atom is -0.355 e. The molecule has 2 aliphatic rings. The van der Waals surface area contributed by atoms with Gasteiger partial charge in [0, 0.05) is 24.3 Å². The van der Waals surface area contributed by atoms with Gasteiger partial charge in [0.25, 0.3) is 10.0 Å². The largest absolute Gasteiger partial charge is 0.355 e. The van der Waals surface area contributed by atoms with E-state index in [1.165, 1.54) is 0 Å². The molecule has 0 radical (unpaired) electrons. The molecule has 2 aromatic carbocycles. The van der Waals surface area contributed by atoms with Crippen molar-refractivity contribution in [1.82, 2.24) is 4.90 Å². The predicted molar refractivity (Wildman–Crippen MR) is 109 cm³/mol. The number of sulfonamides is 1. The zero-order chi connectivity index (χ0) is 19.9. The number of hydrogen-bond acceptors (Lipinski definition) is 4. The summed E-state index contributed by atoms with van der Waals surface area (Å²) in [5.41, 5.74) is 3.54. The van der Waals surface area contributed by atoms with Crippen molar-refractivity contribution in [3.05, 3.63) is 59.2 Å². The number of piperidine rings is 1. The van der Waals surface area contributed by atoms with Crippen molar-refractivity contribution < 1.29 is 13.2 Å². The number of nitrogens with one attached hydrogen (secondary N) is 1. The molecule has 2 heterocycles. The summed E-state index contributed by atoms with van der Waals surface area (Å²) >= 11 is 0. The van der Waals surface area contributed by atoms with Gasteiger partial charge in [-0.05, 0) is 49.9 Å². The van der Waals surface area contributed by atoms with Crippen molar-refractivity contribution in [2.75, 3.05) is 18.4 Å². The molecule has 0 aliphatic carbocycles. The lowest BCUT2D eigenvalue weighted by atomic mass is 9.95. The number of likely N-dealkylation sites (tertiary alicyclic amines) is 1. The second kappa shape index (κ2) is 7.05. The Balaban J connectivity index is 1.55. The lowest BCUT2D eigenvalue weighted by molar-refractivity contribution is -0.121. The van der Waals surface area contributed by atoms with Gasteiger partial charge >= 0.3 is 0 Å². The Labute approximate surface area is 165 Å². The van der Waals surface area contributed by atoms with Crippen LogP contribution in [0.1, 0.15) is 29.5 Å². The fourth-order valence-corrected chi connectivity index (χ4v) is 5.16. The smallest absolute Gasteiger partial charge is 0.285 e. The fraction of sp³-hybridized carbons (Fsp3) is 0.333. The third-order valence-corrected chi connectivity index (χ3v) is 6.76. The van der Waals surface area contributed by atoms with Gasteiger partial charge in [-0.3, -0.25) is 4.79 Å². The first-order valence-electron chi connectivity index (χ1n) is 9.43. The fourth-order valence-electron chi connectivity index (χ4n) is 3.94. The molecule has 2 aromatic rings. The number of para-hydroxylation sites is 1. The standard InChI is InChI=1S/C21H23N3O3S/c1-14-7-5-8-15(2)19(14)22-21(25)16-9-6-12-24(13-16)20-17-10-3-4-11-18(17)28(26,27)23-20/h3-5,7-8,10-11,16H,6,9,12-13H2,1-2H3,(H,22,25). The van der Waals surface area contributed by atoms with Crippen LogP contribution in [0.4, 0.5) is 5.69 Å². The van der Waals surface area contributed by atoms with Crippen LogP contribution in [0.3, 0.4) is 0 Å². The Kier molecular flexibility index (Phi) is 4.71. The van der Waals surface area contributed by atoms with Gasteiger partial charge < -0.3 is 10.2 Å². The number of carbonyl (C=O) groups is 1. The Hall–Kier alpha value is -2.67. The maximum Gasteiger partial charge on any atom is 0.285 e. The van der Waals surface area contributed by atoms with Gasteiger partial charge in [-0.2, -0.15) is 8.42 Å². The highest BCUT2D eigenvalue weighted by Gasteiger charge is 2.35. The van der Waals surface area contributed by atoms with E-state index < -0.39 is 10.0 Å². The van der Waals surface area contributed by atoms with Crippen LogP contribution in [-0.4, -0.2) is 38.2 Å². The highest BCUT2D eigenvalue weighted by atomic mass is 32.2. The van der Waals surface area contributed by atoms with Crippen LogP contribution in [0, 0.1) is 19.8 Å². The summed E-state index contributed by atoms with van der Waals surface area (Å²) in [6, 6.07) is 12.8. The molecule has 0 saturated carbocycles. The van der Waals surface area contributed by atoms with Gasteiger partial charge in [0.15, 0.2) is 5.84 Å². The molecule has 1 N–H and O–H groups in total. The molecule has 1 saturated heterocycles. The van der Waals surface area contributed by atoms with Crippen molar-refractivity contribution in [1.29, 1.82) is 0 Å². The zero-order valence-corrected chi connectivity index (χ0v) is 16.8. The van der Waals surface area contributed by atoms with Gasteiger partial charge in [-0.25, -0.2) is 0 Å². The molecule has 4 rings (SSSR count). The van der Waals surface area contributed by atoms with E-state index in [9.17, 15) is 13.2 Å². The summed E-state index contributed by atoms with van der Waals surface area (Å²) in [6.45, 7) is 5.10. The van der Waals surface area contributed by atoms with Crippen LogP contribution < -0.4 is 5.32 Å². The Bertz CT molecular complexity index is 1060. The highest BCUT2D eigenvalue weighted by molar-refractivity contribution is 7.90. The average Bonchev–Trinajstić information content (AvgIpc) is 2.96. The van der Waals surface area contributed by atoms with Crippen molar-refractivity contribution in [2.24, 2.45) is 10.3 Å². The third kappa shape index (κ3) is 3.30. The number of nitrogens with zero attached hydrogens (tertiary/aromatic N) is 2. The Morgan fingerprint density at radius 2 is 1.82 bits per heavy atom. The van der Waals surface area contributed by atoms with Gasteiger partial charge in [0.1, 0.15) is 4.90 Å². The molecule has 6 nitrogen and oxygen atoms in total. The van der Waals surface area contributed by atoms with E-state index in [0.29, 0.717) is 24.5 Å². The van der Waals surface area contributed by atoms with Crippen LogP contribution in [-0.2, 0) is 14.8 Å². The van der Waals surface area contributed by atoms with E-state index in [1.54, 1.807) is 18.2 Å². The number of amidine groups is 1. The number of benzene rings is 2. The maximum atomic E-state index is 12.9. The van der Waals surface area contributed by atoms with E-state index in [0.717, 1.165) is 29.7 Å². The molecule has 1 fully saturated rings. The number of amides is 1. The average molecular weight is 398 g/mol. The summed E-state index contributed by atoms with van der Waals surface area (Å²) in [7, 11) is -3.66. The first kappa shape index (κ1) is 18.7. The molecule has 1 unspecified atom stereocenters. The second-order valence-electron chi connectivity index (χ2n) is 7.43. The van der Waals surface area contributed by atoms with Crippen molar-refractivity contribution >= 4 is 27.5 Å². The summed E-state index contributed by atoms with van der Waals surface area (Å²) in [5, 5.41) is 3.07. The topological polar surface area (TPSA) is 78.8 Å². The normalized spacial score (nSPS) is 20.4. The van der Waals surface area contributed by atoms with Crippen LogP contribution >= 0.6 is 0 Å². The van der Waals surface area contributed by atoms with Crippen molar-refractivity contribution in [3.8, 4) is 0 Å². The minimum absolute atomic E-state index is 0.0307. The Morgan fingerprint density at radius 3 is 2.57 bits per heavy atom. The van der Waals surface area contributed by atoms with Crippen molar-refractivity contribution in [2.45, 2.75) is 31.6 Å². The number of fused-ring (bicyclic) bond motifs is 1. The molecule has 7 heteroatoms. The summed E-state index contributed by atoms with van der Waals surface area (Å²) in [4.78, 5) is 15.1. The van der Waals surface area contributed by atoms with Crippen LogP contribution in [0.2, 0.25) is 0 Å². The second-order valence-corrected chi connectivity index (χ2v) is 9.00. The summed E-state index contributed by atoms with van der Waals surface area (Å²) < 4.78 is 28.7. The van der Waals surface area contributed by atoms with Gasteiger partial charge in [0.2, 0.25) is 5.91 Å². The molecule has 28 heavy (non-hydrogen) atoms. The zero-order valence-electron chi connectivity index (χ0n) is 16.0. The van der Waals surface area contributed by atoms with Crippen LogP contribution in [0.15, 0.2) is 51.8 Å². The molecular weight excluding hydrogens is 374 g/mol. The summed E-state index contributed by atoms with van der Waals surface area (Å²) in [6.07, 6.45) is 1.58. The molecule has 2 aliphatic heterocycles. The maximum absolute atomic E-state index is 12.9.